The number of hydrogen-bond acceptors (Lipinski definition) is 3. The van der Waals surface area contributed by atoms with Gasteiger partial charge in [0, 0.05) is 18.8 Å². The largest absolute Gasteiger partial charge is 0.349 e. The molecular formula is C19H26N4O2. The van der Waals surface area contributed by atoms with Gasteiger partial charge in [-0.25, -0.2) is 4.98 Å². The van der Waals surface area contributed by atoms with Gasteiger partial charge in [0.15, 0.2) is 5.69 Å². The molecule has 134 valence electrons. The highest BCUT2D eigenvalue weighted by Crippen LogP contribution is 2.19. The molecule has 2 heterocycles. The van der Waals surface area contributed by atoms with E-state index in [9.17, 15) is 9.59 Å². The average molecular weight is 342 g/mol. The second kappa shape index (κ2) is 8.14. The van der Waals surface area contributed by atoms with Crippen LogP contribution in [0.1, 0.15) is 73.0 Å². The molecule has 0 unspecified atom stereocenters. The number of rotatable bonds is 7. The predicted molar refractivity (Wildman–Crippen MR) is 96.8 cm³/mol. The van der Waals surface area contributed by atoms with E-state index in [-0.39, 0.29) is 23.7 Å². The van der Waals surface area contributed by atoms with Crippen LogP contribution in [0.2, 0.25) is 0 Å². The van der Waals surface area contributed by atoms with E-state index in [2.05, 4.69) is 22.5 Å². The van der Waals surface area contributed by atoms with Gasteiger partial charge in [-0.3, -0.25) is 14.0 Å². The number of carbonyl (C=O) groups excluding carboxylic acids is 2. The molecule has 1 aliphatic carbocycles. The van der Waals surface area contributed by atoms with Crippen LogP contribution in [0.25, 0.3) is 5.52 Å². The molecule has 0 radical (unpaired) electrons. The Morgan fingerprint density at radius 1 is 1.20 bits per heavy atom. The van der Waals surface area contributed by atoms with Crippen molar-refractivity contribution in [1.29, 1.82) is 0 Å². The molecule has 3 rings (SSSR count). The fourth-order valence-corrected chi connectivity index (χ4v) is 3.34. The maximum absolute atomic E-state index is 12.6. The summed E-state index contributed by atoms with van der Waals surface area (Å²) in [5.41, 5.74) is 0.989. The van der Waals surface area contributed by atoms with Crippen molar-refractivity contribution in [1.82, 2.24) is 20.0 Å². The van der Waals surface area contributed by atoms with Gasteiger partial charge in [0.1, 0.15) is 0 Å². The molecule has 6 heteroatoms. The molecule has 0 aliphatic heterocycles. The Bertz CT molecular complexity index is 747. The molecule has 2 aromatic rings. The highest BCUT2D eigenvalue weighted by Gasteiger charge is 2.24. The average Bonchev–Trinajstić information content (AvgIpc) is 3.26. The minimum absolute atomic E-state index is 0.194. The molecule has 0 aromatic carbocycles. The summed E-state index contributed by atoms with van der Waals surface area (Å²) in [4.78, 5) is 29.5. The first-order valence-corrected chi connectivity index (χ1v) is 9.27. The van der Waals surface area contributed by atoms with Gasteiger partial charge in [0.05, 0.1) is 5.52 Å². The summed E-state index contributed by atoms with van der Waals surface area (Å²) in [5, 5.41) is 5.95. The summed E-state index contributed by atoms with van der Waals surface area (Å²) in [5.74, 6) is -0.165. The minimum atomic E-state index is -0.239. The molecule has 1 fully saturated rings. The molecule has 1 saturated carbocycles. The number of hydrogen-bond donors (Lipinski definition) is 2. The van der Waals surface area contributed by atoms with Gasteiger partial charge in [0.2, 0.25) is 5.82 Å². The van der Waals surface area contributed by atoms with Crippen LogP contribution in [0, 0.1) is 0 Å². The number of fused-ring (bicyclic) bond motifs is 1. The van der Waals surface area contributed by atoms with E-state index in [1.54, 1.807) is 10.6 Å². The third kappa shape index (κ3) is 4.00. The summed E-state index contributed by atoms with van der Waals surface area (Å²) >= 11 is 0. The van der Waals surface area contributed by atoms with Crippen molar-refractivity contribution in [2.45, 2.75) is 57.9 Å². The van der Waals surface area contributed by atoms with E-state index in [0.717, 1.165) is 44.9 Å². The molecule has 0 bridgehead atoms. The van der Waals surface area contributed by atoms with Crippen molar-refractivity contribution in [2.24, 2.45) is 0 Å². The number of nitrogens with one attached hydrogen (secondary N) is 2. The van der Waals surface area contributed by atoms with Crippen LogP contribution in [0.3, 0.4) is 0 Å². The summed E-state index contributed by atoms with van der Waals surface area (Å²) in [7, 11) is 0. The molecule has 25 heavy (non-hydrogen) atoms. The van der Waals surface area contributed by atoms with E-state index < -0.39 is 0 Å². The molecule has 0 saturated heterocycles. The Balaban J connectivity index is 1.79. The summed E-state index contributed by atoms with van der Waals surface area (Å²) in [6.45, 7) is 2.75. The molecular weight excluding hydrogens is 316 g/mol. The van der Waals surface area contributed by atoms with Crippen molar-refractivity contribution in [2.75, 3.05) is 6.54 Å². The maximum atomic E-state index is 12.6. The molecule has 2 N–H and O–H groups in total. The van der Waals surface area contributed by atoms with Crippen molar-refractivity contribution in [3.05, 3.63) is 35.9 Å². The van der Waals surface area contributed by atoms with Crippen LogP contribution < -0.4 is 10.6 Å². The predicted octanol–water partition coefficient (Wildman–Crippen LogP) is 2.93. The van der Waals surface area contributed by atoms with Crippen LogP contribution in [0.4, 0.5) is 0 Å². The summed E-state index contributed by atoms with van der Waals surface area (Å²) < 4.78 is 1.69. The lowest BCUT2D eigenvalue weighted by Gasteiger charge is -2.10. The first-order valence-electron chi connectivity index (χ1n) is 9.27. The van der Waals surface area contributed by atoms with Crippen molar-refractivity contribution in [3.8, 4) is 0 Å². The fourth-order valence-electron chi connectivity index (χ4n) is 3.34. The van der Waals surface area contributed by atoms with Crippen LogP contribution >= 0.6 is 0 Å². The van der Waals surface area contributed by atoms with Gasteiger partial charge < -0.3 is 10.6 Å². The Hall–Kier alpha value is -2.37. The number of nitrogens with zero attached hydrogens (tertiary/aromatic N) is 2. The zero-order chi connectivity index (χ0) is 17.6. The molecule has 6 nitrogen and oxygen atoms in total. The molecule has 2 aromatic heterocycles. The summed E-state index contributed by atoms with van der Waals surface area (Å²) in [6, 6.07) is 5.73. The Kier molecular flexibility index (Phi) is 5.68. The van der Waals surface area contributed by atoms with Crippen molar-refractivity contribution < 1.29 is 9.59 Å². The second-order valence-electron chi connectivity index (χ2n) is 6.66. The molecule has 2 amide bonds. The standard InChI is InChI=1S/C19H26N4O2/c1-2-3-7-12-20-19(25)17-22-16(15-11-6-8-13-23(15)17)18(24)21-14-9-4-5-10-14/h6,8,11,13-14H,2-5,7,9-10,12H2,1H3,(H,20,25)(H,21,24). The maximum Gasteiger partial charge on any atom is 0.287 e. The first kappa shape index (κ1) is 17.5. The minimum Gasteiger partial charge on any atom is -0.349 e. The number of imidazole rings is 1. The Morgan fingerprint density at radius 2 is 2.00 bits per heavy atom. The summed E-state index contributed by atoms with van der Waals surface area (Å²) in [6.07, 6.45) is 9.24. The lowest BCUT2D eigenvalue weighted by atomic mass is 10.2. The number of carbonyl (C=O) groups is 2. The van der Waals surface area contributed by atoms with Gasteiger partial charge in [-0.1, -0.05) is 38.7 Å². The van der Waals surface area contributed by atoms with Crippen molar-refractivity contribution >= 4 is 17.3 Å². The fraction of sp³-hybridized carbons (Fsp3) is 0.526. The quantitative estimate of drug-likeness (QED) is 0.760. The zero-order valence-electron chi connectivity index (χ0n) is 14.8. The monoisotopic (exact) mass is 342 g/mol. The van der Waals surface area contributed by atoms with Gasteiger partial charge in [-0.15, -0.1) is 0 Å². The molecule has 0 atom stereocenters. The van der Waals surface area contributed by atoms with Crippen LogP contribution in [0.5, 0.6) is 0 Å². The number of pyridine rings is 1. The van der Waals surface area contributed by atoms with E-state index >= 15 is 0 Å². The number of amides is 2. The van der Waals surface area contributed by atoms with Gasteiger partial charge in [-0.2, -0.15) is 0 Å². The molecule has 0 spiro atoms. The Morgan fingerprint density at radius 3 is 2.76 bits per heavy atom. The van der Waals surface area contributed by atoms with E-state index in [4.69, 9.17) is 0 Å². The third-order valence-electron chi connectivity index (χ3n) is 4.72. The van der Waals surface area contributed by atoms with Crippen LogP contribution in [0.15, 0.2) is 24.4 Å². The van der Waals surface area contributed by atoms with E-state index in [1.807, 2.05) is 18.2 Å². The van der Waals surface area contributed by atoms with Gasteiger partial charge in [0.25, 0.3) is 11.8 Å². The Labute approximate surface area is 148 Å². The van der Waals surface area contributed by atoms with E-state index in [0.29, 0.717) is 17.8 Å². The number of aromatic nitrogens is 2. The van der Waals surface area contributed by atoms with Crippen molar-refractivity contribution in [3.63, 3.8) is 0 Å². The number of unbranched alkanes of at least 4 members (excludes halogenated alkanes) is 2. The van der Waals surface area contributed by atoms with Gasteiger partial charge in [-0.05, 0) is 31.4 Å². The van der Waals surface area contributed by atoms with Crippen LogP contribution in [-0.2, 0) is 0 Å². The SMILES string of the molecule is CCCCCNC(=O)c1nc(C(=O)NC2CCCC2)c2ccccn12. The lowest BCUT2D eigenvalue weighted by molar-refractivity contribution is 0.0935. The first-order chi connectivity index (χ1) is 12.2. The molecule has 1 aliphatic rings. The van der Waals surface area contributed by atoms with Crippen LogP contribution in [-0.4, -0.2) is 33.8 Å². The normalized spacial score (nSPS) is 14.8. The zero-order valence-corrected chi connectivity index (χ0v) is 14.8. The lowest BCUT2D eigenvalue weighted by Crippen LogP contribution is -2.33. The van der Waals surface area contributed by atoms with Gasteiger partial charge >= 0.3 is 0 Å². The third-order valence-corrected chi connectivity index (χ3v) is 4.72. The smallest absolute Gasteiger partial charge is 0.287 e. The second-order valence-corrected chi connectivity index (χ2v) is 6.66. The topological polar surface area (TPSA) is 75.5 Å². The highest BCUT2D eigenvalue weighted by molar-refractivity contribution is 6.02. The van der Waals surface area contributed by atoms with E-state index in [1.165, 1.54) is 0 Å². The highest BCUT2D eigenvalue weighted by atomic mass is 16.2.